The van der Waals surface area contributed by atoms with E-state index in [4.69, 9.17) is 0 Å². The van der Waals surface area contributed by atoms with Gasteiger partial charge in [-0.15, -0.1) is 0 Å². The Morgan fingerprint density at radius 1 is 1.08 bits per heavy atom. The molecule has 2 heteroatoms. The van der Waals surface area contributed by atoms with E-state index >= 15 is 0 Å². The molecule has 0 spiro atoms. The molecule has 5 atom stereocenters. The van der Waals surface area contributed by atoms with E-state index < -0.39 is 10.8 Å². The molecule has 1 heterocycles. The molecule has 1 unspecified atom stereocenters. The Kier molecular flexibility index (Phi) is 0.989. The van der Waals surface area contributed by atoms with E-state index in [1.54, 1.807) is 0 Å². The fourth-order valence-electron chi connectivity index (χ4n) is 3.34. The molecule has 1 nitrogen and oxygen atoms in total. The molecule has 0 aromatic heterocycles. The first-order chi connectivity index (χ1) is 6.38. The minimum Gasteiger partial charge on any atom is -0.259 e. The van der Waals surface area contributed by atoms with Crippen molar-refractivity contribution >= 4 is 10.8 Å². The minimum atomic E-state index is -0.481. The van der Waals surface area contributed by atoms with Crippen LogP contribution in [0.1, 0.15) is 29.4 Å². The van der Waals surface area contributed by atoms with Gasteiger partial charge in [-0.05, 0) is 17.5 Å². The van der Waals surface area contributed by atoms with Gasteiger partial charge in [0, 0.05) is 22.6 Å². The zero-order chi connectivity index (χ0) is 8.58. The van der Waals surface area contributed by atoms with E-state index in [0.717, 1.165) is 0 Å². The third-order valence-corrected chi connectivity index (χ3v) is 5.88. The van der Waals surface area contributed by atoms with E-state index in [1.165, 1.54) is 17.5 Å². The van der Waals surface area contributed by atoms with Crippen LogP contribution < -0.4 is 0 Å². The van der Waals surface area contributed by atoms with E-state index in [1.807, 2.05) is 0 Å². The topological polar surface area (TPSA) is 17.1 Å². The Hall–Kier alpha value is -0.630. The normalized spacial score (nSPS) is 48.8. The zero-order valence-electron chi connectivity index (χ0n) is 7.14. The van der Waals surface area contributed by atoms with Crippen molar-refractivity contribution in [2.45, 2.75) is 28.8 Å². The van der Waals surface area contributed by atoms with Crippen molar-refractivity contribution in [3.63, 3.8) is 0 Å². The second-order valence-electron chi connectivity index (χ2n) is 4.34. The van der Waals surface area contributed by atoms with Gasteiger partial charge >= 0.3 is 0 Å². The average molecular weight is 190 g/mol. The van der Waals surface area contributed by atoms with Crippen LogP contribution in [0.2, 0.25) is 0 Å². The lowest BCUT2D eigenvalue weighted by Crippen LogP contribution is -2.06. The van der Waals surface area contributed by atoms with Crippen molar-refractivity contribution in [2.75, 3.05) is 0 Å². The first kappa shape index (κ1) is 6.77. The van der Waals surface area contributed by atoms with Crippen molar-refractivity contribution < 1.29 is 4.21 Å². The van der Waals surface area contributed by atoms with Gasteiger partial charge in [-0.25, -0.2) is 0 Å². The van der Waals surface area contributed by atoms with E-state index in [-0.39, 0.29) is 0 Å². The first-order valence-electron chi connectivity index (χ1n) is 4.86. The van der Waals surface area contributed by atoms with Crippen LogP contribution in [-0.2, 0) is 10.8 Å². The summed E-state index contributed by atoms with van der Waals surface area (Å²) in [6.07, 6.45) is 1.28. The summed E-state index contributed by atoms with van der Waals surface area (Å²) in [5.41, 5.74) is 3.00. The van der Waals surface area contributed by atoms with Gasteiger partial charge in [0.15, 0.2) is 0 Å². The largest absolute Gasteiger partial charge is 0.259 e. The van der Waals surface area contributed by atoms with Gasteiger partial charge in [-0.1, -0.05) is 24.3 Å². The van der Waals surface area contributed by atoms with Crippen molar-refractivity contribution in [1.82, 2.24) is 0 Å². The van der Waals surface area contributed by atoms with Gasteiger partial charge in [0.05, 0.1) is 10.5 Å². The van der Waals surface area contributed by atoms with Crippen LogP contribution in [0.15, 0.2) is 24.3 Å². The number of benzene rings is 1. The molecule has 3 aliphatic rings. The van der Waals surface area contributed by atoms with Crippen LogP contribution >= 0.6 is 0 Å². The number of hydrogen-bond acceptors (Lipinski definition) is 1. The summed E-state index contributed by atoms with van der Waals surface area (Å²) in [5.74, 6) is 1.29. The molecule has 13 heavy (non-hydrogen) atoms. The van der Waals surface area contributed by atoms with Crippen LogP contribution in [0.25, 0.3) is 0 Å². The molecule has 4 rings (SSSR count). The average Bonchev–Trinajstić information content (AvgIpc) is 2.64. The second-order valence-corrected chi connectivity index (χ2v) is 6.08. The Balaban J connectivity index is 1.98. The Morgan fingerprint density at radius 3 is 2.15 bits per heavy atom. The molecule has 1 aromatic carbocycles. The van der Waals surface area contributed by atoms with E-state index in [9.17, 15) is 4.21 Å². The van der Waals surface area contributed by atoms with E-state index in [2.05, 4.69) is 24.3 Å². The van der Waals surface area contributed by atoms with Crippen molar-refractivity contribution in [3.8, 4) is 0 Å². The quantitative estimate of drug-likeness (QED) is 0.570. The highest BCUT2D eigenvalue weighted by Crippen LogP contribution is 2.64. The number of fused-ring (bicyclic) bond motifs is 8. The molecule has 2 fully saturated rings. The van der Waals surface area contributed by atoms with Crippen molar-refractivity contribution in [3.05, 3.63) is 35.4 Å². The lowest BCUT2D eigenvalue weighted by Gasteiger charge is -2.10. The van der Waals surface area contributed by atoms with Gasteiger partial charge in [0.2, 0.25) is 0 Å². The van der Waals surface area contributed by atoms with Crippen molar-refractivity contribution in [2.24, 2.45) is 0 Å². The smallest absolute Gasteiger partial charge is 0.0569 e. The third kappa shape index (κ3) is 0.613. The molecule has 1 aromatic rings. The summed E-state index contributed by atoms with van der Waals surface area (Å²) in [5, 5.41) is 1.08. The zero-order valence-corrected chi connectivity index (χ0v) is 7.96. The standard InChI is InChI=1S/C11H10OS/c12-13-10-8-5-9(11(10)13)7-4-2-1-3-6(7)8/h1-4,8-11H,5H2/t8-,9+,10-,11+,13?. The first-order valence-corrected chi connectivity index (χ1v) is 6.14. The van der Waals surface area contributed by atoms with Crippen LogP contribution in [0.4, 0.5) is 0 Å². The lowest BCUT2D eigenvalue weighted by molar-refractivity contribution is 0.676. The minimum absolute atomic E-state index is 0.481. The summed E-state index contributed by atoms with van der Waals surface area (Å²) < 4.78 is 11.5. The molecular weight excluding hydrogens is 180 g/mol. The van der Waals surface area contributed by atoms with Crippen LogP contribution in [0.5, 0.6) is 0 Å². The molecule has 2 bridgehead atoms. The maximum Gasteiger partial charge on any atom is 0.0569 e. The van der Waals surface area contributed by atoms with Gasteiger partial charge in [-0.3, -0.25) is 4.21 Å². The molecule has 1 aliphatic heterocycles. The summed E-state index contributed by atoms with van der Waals surface area (Å²) in [6, 6.07) is 8.68. The molecule has 1 saturated carbocycles. The fraction of sp³-hybridized carbons (Fsp3) is 0.455. The molecule has 2 aliphatic carbocycles. The predicted molar refractivity (Wildman–Crippen MR) is 52.3 cm³/mol. The van der Waals surface area contributed by atoms with E-state index in [0.29, 0.717) is 22.3 Å². The number of hydrogen-bond donors (Lipinski definition) is 0. The molecular formula is C11H10OS. The van der Waals surface area contributed by atoms with Gasteiger partial charge in [0.1, 0.15) is 0 Å². The Labute approximate surface area is 79.6 Å². The van der Waals surface area contributed by atoms with Gasteiger partial charge < -0.3 is 0 Å². The SMILES string of the molecule is O=S1[C@@H]2[C@H]1[C@@H]1C[C@H]2c2ccccc21. The van der Waals surface area contributed by atoms with Crippen molar-refractivity contribution in [1.29, 1.82) is 0 Å². The molecule has 0 radical (unpaired) electrons. The molecule has 0 N–H and O–H groups in total. The summed E-state index contributed by atoms with van der Waals surface area (Å²) >= 11 is 0. The van der Waals surface area contributed by atoms with Gasteiger partial charge in [0.25, 0.3) is 0 Å². The maximum absolute atomic E-state index is 11.5. The molecule has 1 saturated heterocycles. The van der Waals surface area contributed by atoms with Crippen LogP contribution in [-0.4, -0.2) is 14.7 Å². The Bertz CT molecular complexity index is 389. The van der Waals surface area contributed by atoms with Crippen LogP contribution in [0.3, 0.4) is 0 Å². The third-order valence-electron chi connectivity index (χ3n) is 3.88. The highest BCUT2D eigenvalue weighted by atomic mass is 32.2. The van der Waals surface area contributed by atoms with Crippen LogP contribution in [0, 0.1) is 0 Å². The Morgan fingerprint density at radius 2 is 1.62 bits per heavy atom. The monoisotopic (exact) mass is 190 g/mol. The fourth-order valence-corrected chi connectivity index (χ4v) is 5.46. The molecule has 66 valence electrons. The lowest BCUT2D eigenvalue weighted by atomic mass is 9.92. The highest BCUT2D eigenvalue weighted by Gasteiger charge is 2.66. The predicted octanol–water partition coefficient (Wildman–Crippen LogP) is 1.77. The summed E-state index contributed by atoms with van der Waals surface area (Å²) in [4.78, 5) is 0. The highest BCUT2D eigenvalue weighted by molar-refractivity contribution is 7.94. The maximum atomic E-state index is 11.5. The second kappa shape index (κ2) is 1.90. The van der Waals surface area contributed by atoms with Gasteiger partial charge in [-0.2, -0.15) is 0 Å². The molecule has 0 amide bonds. The number of rotatable bonds is 0. The summed E-state index contributed by atoms with van der Waals surface area (Å²) in [6.45, 7) is 0. The summed E-state index contributed by atoms with van der Waals surface area (Å²) in [7, 11) is -0.481.